The average Bonchev–Trinajstić information content (AvgIpc) is 3.39. The summed E-state index contributed by atoms with van der Waals surface area (Å²) < 4.78 is 37.7. The van der Waals surface area contributed by atoms with Gasteiger partial charge in [0.25, 0.3) is 0 Å². The van der Waals surface area contributed by atoms with Crippen molar-refractivity contribution >= 4 is 44.4 Å². The fourth-order valence-electron chi connectivity index (χ4n) is 4.45. The van der Waals surface area contributed by atoms with E-state index in [4.69, 9.17) is 18.9 Å². The zero-order valence-electron chi connectivity index (χ0n) is 23.4. The van der Waals surface area contributed by atoms with Crippen LogP contribution in [0.2, 0.25) is 0 Å². The van der Waals surface area contributed by atoms with Crippen LogP contribution in [0.3, 0.4) is 0 Å². The van der Waals surface area contributed by atoms with Crippen molar-refractivity contribution in [2.75, 3.05) is 19.0 Å². The van der Waals surface area contributed by atoms with Crippen molar-refractivity contribution in [2.45, 2.75) is 45.0 Å². The van der Waals surface area contributed by atoms with E-state index in [1.165, 1.54) is 36.9 Å². The van der Waals surface area contributed by atoms with E-state index in [0.717, 1.165) is 15.8 Å². The molecule has 0 spiro atoms. The standard InChI is InChI=1S/C29H27FN6O6S/c1-14-6-17(26-20(7-14)35-25(39-3)12-31-26)27-36-19-8-18(30)23(9-24(19)43-27)41-21-4-5-22(21)42-29(38)34-16-10-32-28(33-11-16)40-13-15(2)37/h6-12,15,21-22,37H,4-5,13H2,1-3H3,(H,34,38)/t15?,21-,22+/m0/s1. The van der Waals surface area contributed by atoms with Crippen LogP contribution in [0, 0.1) is 12.7 Å². The molecule has 3 heterocycles. The molecule has 1 aliphatic carbocycles. The molecule has 1 unspecified atom stereocenters. The Hall–Kier alpha value is -4.69. The van der Waals surface area contributed by atoms with Crippen molar-refractivity contribution in [2.24, 2.45) is 0 Å². The highest BCUT2D eigenvalue weighted by Crippen LogP contribution is 2.38. The van der Waals surface area contributed by atoms with Gasteiger partial charge in [0.2, 0.25) is 5.88 Å². The van der Waals surface area contributed by atoms with Crippen molar-refractivity contribution in [3.63, 3.8) is 0 Å². The molecular formula is C29H27FN6O6S. The zero-order chi connectivity index (χ0) is 30.1. The lowest BCUT2D eigenvalue weighted by Gasteiger charge is -2.35. The van der Waals surface area contributed by atoms with E-state index in [2.05, 4.69) is 30.2 Å². The predicted octanol–water partition coefficient (Wildman–Crippen LogP) is 5.07. The number of halogens is 1. The van der Waals surface area contributed by atoms with Gasteiger partial charge in [-0.2, -0.15) is 0 Å². The third-order valence-electron chi connectivity index (χ3n) is 6.67. The number of amides is 1. The Morgan fingerprint density at radius 3 is 2.60 bits per heavy atom. The van der Waals surface area contributed by atoms with Gasteiger partial charge in [-0.15, -0.1) is 11.3 Å². The second kappa shape index (κ2) is 11.9. The maximum absolute atomic E-state index is 15.1. The lowest BCUT2D eigenvalue weighted by Crippen LogP contribution is -2.45. The molecule has 3 atom stereocenters. The van der Waals surface area contributed by atoms with E-state index in [9.17, 15) is 9.90 Å². The van der Waals surface area contributed by atoms with Crippen LogP contribution >= 0.6 is 11.3 Å². The molecule has 43 heavy (non-hydrogen) atoms. The van der Waals surface area contributed by atoms with Crippen LogP contribution in [0.5, 0.6) is 17.6 Å². The Morgan fingerprint density at radius 1 is 1.09 bits per heavy atom. The Morgan fingerprint density at radius 2 is 1.88 bits per heavy atom. The lowest BCUT2D eigenvalue weighted by molar-refractivity contribution is -0.0431. The van der Waals surface area contributed by atoms with E-state index < -0.39 is 30.2 Å². The van der Waals surface area contributed by atoms with Gasteiger partial charge in [-0.1, -0.05) is 0 Å². The molecule has 0 aliphatic heterocycles. The number of methoxy groups -OCH3 is 1. The number of anilines is 1. The summed E-state index contributed by atoms with van der Waals surface area (Å²) in [6.45, 7) is 3.58. The minimum Gasteiger partial charge on any atom is -0.483 e. The second-order valence-electron chi connectivity index (χ2n) is 10.1. The number of carbonyl (C=O) groups excluding carboxylic acids is 1. The normalized spacial score (nSPS) is 16.9. The molecule has 2 aromatic carbocycles. The topological polar surface area (TPSA) is 151 Å². The number of hydrogen-bond acceptors (Lipinski definition) is 12. The highest BCUT2D eigenvalue weighted by molar-refractivity contribution is 7.21. The first-order chi connectivity index (χ1) is 20.7. The Bertz CT molecular complexity index is 1800. The highest BCUT2D eigenvalue weighted by atomic mass is 32.1. The SMILES string of the molecule is COc1cnc2c(-c3nc4cc(F)c(O[C@H]5CC[C@H]5OC(=O)Nc5cnc(OCC(C)O)nc5)cc4s3)cc(C)cc2n1. The summed E-state index contributed by atoms with van der Waals surface area (Å²) in [5.74, 6) is -0.0925. The maximum atomic E-state index is 15.1. The number of rotatable bonds is 9. The third-order valence-corrected chi connectivity index (χ3v) is 7.72. The van der Waals surface area contributed by atoms with E-state index in [-0.39, 0.29) is 18.4 Å². The van der Waals surface area contributed by atoms with Crippen LogP contribution in [0.25, 0.3) is 31.8 Å². The van der Waals surface area contributed by atoms with Gasteiger partial charge in [-0.05, 0) is 44.4 Å². The van der Waals surface area contributed by atoms with Gasteiger partial charge >= 0.3 is 12.1 Å². The molecule has 0 saturated heterocycles. The summed E-state index contributed by atoms with van der Waals surface area (Å²) in [7, 11) is 1.54. The maximum Gasteiger partial charge on any atom is 0.412 e. The van der Waals surface area contributed by atoms with Gasteiger partial charge in [0.05, 0.1) is 58.7 Å². The molecule has 6 rings (SSSR count). The number of fused-ring (bicyclic) bond motifs is 2. The van der Waals surface area contributed by atoms with Crippen molar-refractivity contribution in [1.82, 2.24) is 24.9 Å². The van der Waals surface area contributed by atoms with Gasteiger partial charge in [0.1, 0.15) is 23.8 Å². The number of nitrogens with zero attached hydrogens (tertiary/aromatic N) is 5. The molecule has 0 bridgehead atoms. The second-order valence-corrected chi connectivity index (χ2v) is 11.1. The highest BCUT2D eigenvalue weighted by Gasteiger charge is 2.37. The zero-order valence-corrected chi connectivity index (χ0v) is 24.2. The quantitative estimate of drug-likeness (QED) is 0.231. The molecule has 12 nitrogen and oxygen atoms in total. The molecule has 5 aromatic rings. The van der Waals surface area contributed by atoms with Crippen molar-refractivity contribution in [1.29, 1.82) is 0 Å². The average molecular weight is 607 g/mol. The molecule has 1 fully saturated rings. The molecular weight excluding hydrogens is 579 g/mol. The van der Waals surface area contributed by atoms with Crippen molar-refractivity contribution < 1.29 is 33.2 Å². The number of aliphatic hydroxyl groups is 1. The van der Waals surface area contributed by atoms with Crippen LogP contribution in [0.4, 0.5) is 14.9 Å². The first-order valence-electron chi connectivity index (χ1n) is 13.4. The number of ether oxygens (including phenoxy) is 4. The van der Waals surface area contributed by atoms with Crippen LogP contribution in [0.15, 0.2) is 42.9 Å². The minimum atomic E-state index is -0.714. The number of carbonyl (C=O) groups is 1. The van der Waals surface area contributed by atoms with E-state index >= 15 is 4.39 Å². The van der Waals surface area contributed by atoms with Gasteiger partial charge in [-0.25, -0.2) is 34.1 Å². The van der Waals surface area contributed by atoms with Crippen LogP contribution in [-0.2, 0) is 4.74 Å². The van der Waals surface area contributed by atoms with E-state index in [1.807, 2.05) is 19.1 Å². The molecule has 3 aromatic heterocycles. The summed E-state index contributed by atoms with van der Waals surface area (Å²) in [5, 5.41) is 12.5. The number of aromatic nitrogens is 5. The van der Waals surface area contributed by atoms with Gasteiger partial charge in [0.15, 0.2) is 11.6 Å². The summed E-state index contributed by atoms with van der Waals surface area (Å²) in [5.41, 5.74) is 3.91. The molecule has 1 amide bonds. The number of aryl methyl sites for hydroxylation is 1. The molecule has 14 heteroatoms. The van der Waals surface area contributed by atoms with Gasteiger partial charge < -0.3 is 24.1 Å². The molecule has 0 radical (unpaired) electrons. The van der Waals surface area contributed by atoms with Crippen LogP contribution < -0.4 is 19.5 Å². The number of hydrogen-bond donors (Lipinski definition) is 2. The minimum absolute atomic E-state index is 0.0463. The first kappa shape index (κ1) is 28.4. The fraction of sp³-hybridized carbons (Fsp3) is 0.310. The Kier molecular flexibility index (Phi) is 7.86. The van der Waals surface area contributed by atoms with Crippen molar-refractivity contribution in [3.8, 4) is 28.2 Å². The smallest absolute Gasteiger partial charge is 0.412 e. The van der Waals surface area contributed by atoms with E-state index in [0.29, 0.717) is 46.0 Å². The number of nitrogens with one attached hydrogen (secondary N) is 1. The van der Waals surface area contributed by atoms with Crippen molar-refractivity contribution in [3.05, 3.63) is 54.2 Å². The number of aliphatic hydroxyl groups excluding tert-OH is 1. The summed E-state index contributed by atoms with van der Waals surface area (Å²) in [6.07, 6.45) is 2.99. The predicted molar refractivity (Wildman–Crippen MR) is 156 cm³/mol. The molecule has 2 N–H and O–H groups in total. The monoisotopic (exact) mass is 606 g/mol. The third kappa shape index (κ3) is 6.24. The summed E-state index contributed by atoms with van der Waals surface area (Å²) >= 11 is 1.39. The number of thiazole rings is 1. The van der Waals surface area contributed by atoms with Crippen LogP contribution in [-0.4, -0.2) is 68.1 Å². The molecule has 1 aliphatic rings. The largest absolute Gasteiger partial charge is 0.483 e. The summed E-state index contributed by atoms with van der Waals surface area (Å²) in [6, 6.07) is 6.92. The lowest BCUT2D eigenvalue weighted by atomic mass is 9.92. The van der Waals surface area contributed by atoms with Gasteiger partial charge in [-0.3, -0.25) is 5.32 Å². The molecule has 1 saturated carbocycles. The van der Waals surface area contributed by atoms with Crippen LogP contribution in [0.1, 0.15) is 25.3 Å². The van der Waals surface area contributed by atoms with E-state index in [1.54, 1.807) is 19.2 Å². The summed E-state index contributed by atoms with van der Waals surface area (Å²) in [4.78, 5) is 34.1. The Balaban J connectivity index is 1.13. The Labute approximate surface area is 248 Å². The number of benzene rings is 2. The first-order valence-corrected chi connectivity index (χ1v) is 14.3. The molecule has 222 valence electrons. The van der Waals surface area contributed by atoms with Gasteiger partial charge in [0, 0.05) is 17.7 Å². The fourth-order valence-corrected chi connectivity index (χ4v) is 5.44.